The zero-order valence-corrected chi connectivity index (χ0v) is 19.9. The van der Waals surface area contributed by atoms with E-state index in [2.05, 4.69) is 122 Å². The van der Waals surface area contributed by atoms with Gasteiger partial charge in [0.15, 0.2) is 0 Å². The third kappa shape index (κ3) is 3.62. The first-order chi connectivity index (χ1) is 17.8. The van der Waals surface area contributed by atoms with Crippen molar-refractivity contribution in [2.45, 2.75) is 0 Å². The van der Waals surface area contributed by atoms with Crippen LogP contribution in [-0.4, -0.2) is 6.21 Å². The van der Waals surface area contributed by atoms with Crippen LogP contribution in [-0.2, 0) is 0 Å². The molecule has 36 heavy (non-hydrogen) atoms. The van der Waals surface area contributed by atoms with Gasteiger partial charge in [-0.25, -0.2) is 0 Å². The number of rotatable bonds is 4. The smallest absolute Gasteiger partial charge is 0.0184 e. The van der Waals surface area contributed by atoms with Crippen LogP contribution in [0.2, 0.25) is 0 Å². The lowest BCUT2D eigenvalue weighted by molar-refractivity contribution is 1.52. The maximum atomic E-state index is 7.89. The Morgan fingerprint density at radius 3 is 1.89 bits per heavy atom. The summed E-state index contributed by atoms with van der Waals surface area (Å²) in [5.41, 5.74) is 6.88. The quantitative estimate of drug-likeness (QED) is 0.260. The molecular formula is C35H25N. The van der Waals surface area contributed by atoms with Gasteiger partial charge in [0.25, 0.3) is 0 Å². The fraction of sp³-hybridized carbons (Fsp3) is 0. The molecule has 0 spiro atoms. The molecule has 170 valence electrons. The van der Waals surface area contributed by atoms with E-state index in [1.807, 2.05) is 12.1 Å². The highest BCUT2D eigenvalue weighted by molar-refractivity contribution is 6.07. The van der Waals surface area contributed by atoms with Gasteiger partial charge < -0.3 is 5.41 Å². The van der Waals surface area contributed by atoms with E-state index in [1.165, 1.54) is 33.5 Å². The summed E-state index contributed by atoms with van der Waals surface area (Å²) < 4.78 is 0. The van der Waals surface area contributed by atoms with Crippen molar-refractivity contribution in [2.24, 2.45) is 0 Å². The second kappa shape index (κ2) is 9.13. The predicted molar refractivity (Wildman–Crippen MR) is 156 cm³/mol. The van der Waals surface area contributed by atoms with Crippen molar-refractivity contribution in [3.63, 3.8) is 0 Å². The summed E-state index contributed by atoms with van der Waals surface area (Å²) in [6.45, 7) is 4.57. The average Bonchev–Trinajstić information content (AvgIpc) is 2.94. The minimum atomic E-state index is 0.936. The van der Waals surface area contributed by atoms with Gasteiger partial charge in [-0.15, -0.1) is 0 Å². The van der Waals surface area contributed by atoms with Gasteiger partial charge in [-0.3, -0.25) is 0 Å². The molecule has 0 saturated carbocycles. The fourth-order valence-electron chi connectivity index (χ4n) is 5.34. The molecule has 0 heterocycles. The number of nitrogens with one attached hydrogen (secondary N) is 1. The third-order valence-corrected chi connectivity index (χ3v) is 6.93. The van der Waals surface area contributed by atoms with Crippen LogP contribution in [0, 0.1) is 5.41 Å². The van der Waals surface area contributed by atoms with Gasteiger partial charge in [-0.2, -0.15) is 0 Å². The second-order valence-corrected chi connectivity index (χ2v) is 8.99. The van der Waals surface area contributed by atoms with Crippen molar-refractivity contribution in [3.8, 4) is 33.4 Å². The van der Waals surface area contributed by atoms with E-state index in [9.17, 15) is 0 Å². The molecule has 0 aromatic heterocycles. The molecule has 0 saturated heterocycles. The second-order valence-electron chi connectivity index (χ2n) is 8.99. The van der Waals surface area contributed by atoms with Crippen LogP contribution in [0.25, 0.3) is 67.6 Å². The summed E-state index contributed by atoms with van der Waals surface area (Å²) in [5, 5.41) is 14.6. The maximum Gasteiger partial charge on any atom is 0.0184 e. The zero-order chi connectivity index (χ0) is 24.5. The molecular weight excluding hydrogens is 434 g/mol. The summed E-state index contributed by atoms with van der Waals surface area (Å²) in [6.07, 6.45) is 3.23. The molecule has 0 aliphatic heterocycles. The van der Waals surface area contributed by atoms with Crippen LogP contribution in [0.1, 0.15) is 0 Å². The molecule has 6 aromatic rings. The summed E-state index contributed by atoms with van der Waals surface area (Å²) in [4.78, 5) is 0. The third-order valence-electron chi connectivity index (χ3n) is 6.93. The predicted octanol–water partition coefficient (Wildman–Crippen LogP) is 7.83. The van der Waals surface area contributed by atoms with Crippen LogP contribution < -0.4 is 10.4 Å². The van der Waals surface area contributed by atoms with E-state index in [4.69, 9.17) is 5.41 Å². The summed E-state index contributed by atoms with van der Waals surface area (Å²) >= 11 is 0. The van der Waals surface area contributed by atoms with E-state index in [1.54, 1.807) is 0 Å². The van der Waals surface area contributed by atoms with Crippen LogP contribution in [0.5, 0.6) is 0 Å². The van der Waals surface area contributed by atoms with Gasteiger partial charge in [0.05, 0.1) is 0 Å². The van der Waals surface area contributed by atoms with Crippen molar-refractivity contribution in [2.75, 3.05) is 0 Å². The minimum absolute atomic E-state index is 0.936. The number of fused-ring (bicyclic) bond motifs is 2. The highest BCUT2D eigenvalue weighted by Crippen LogP contribution is 2.34. The Balaban J connectivity index is 1.67. The van der Waals surface area contributed by atoms with E-state index in [-0.39, 0.29) is 0 Å². The summed E-state index contributed by atoms with van der Waals surface area (Å²) in [7, 11) is 0. The van der Waals surface area contributed by atoms with Gasteiger partial charge in [-0.05, 0) is 77.5 Å². The molecule has 0 fully saturated rings. The van der Waals surface area contributed by atoms with Crippen molar-refractivity contribution < 1.29 is 0 Å². The number of hydrogen-bond donors (Lipinski definition) is 1. The molecule has 0 bridgehead atoms. The van der Waals surface area contributed by atoms with Crippen molar-refractivity contribution in [3.05, 3.63) is 132 Å². The largest absolute Gasteiger partial charge is 0.309 e. The molecule has 0 amide bonds. The standard InChI is InChI=1S/C35H25N/c1-24-29(21-22-36)35(26-12-3-2-4-13-26)33-19-8-7-18-32(33)34(24)28-16-9-15-27(23-28)31-20-10-14-25-11-5-6-17-30(25)31/h2-23,36H,1H2/b29-21+,36-22?. The van der Waals surface area contributed by atoms with E-state index < -0.39 is 0 Å². The number of benzene rings is 6. The Bertz CT molecular complexity index is 1860. The first kappa shape index (κ1) is 21.8. The van der Waals surface area contributed by atoms with Crippen LogP contribution >= 0.6 is 0 Å². The van der Waals surface area contributed by atoms with E-state index in [0.29, 0.717) is 0 Å². The summed E-state index contributed by atoms with van der Waals surface area (Å²) in [5.74, 6) is 0. The first-order valence-corrected chi connectivity index (χ1v) is 12.1. The van der Waals surface area contributed by atoms with Crippen molar-refractivity contribution >= 4 is 40.4 Å². The minimum Gasteiger partial charge on any atom is -0.309 e. The lowest BCUT2D eigenvalue weighted by atomic mass is 9.87. The monoisotopic (exact) mass is 459 g/mol. The van der Waals surface area contributed by atoms with Crippen LogP contribution in [0.4, 0.5) is 0 Å². The fourth-order valence-corrected chi connectivity index (χ4v) is 5.34. The van der Waals surface area contributed by atoms with E-state index in [0.717, 1.165) is 38.1 Å². The number of hydrogen-bond acceptors (Lipinski definition) is 1. The van der Waals surface area contributed by atoms with Gasteiger partial charge in [0.2, 0.25) is 0 Å². The van der Waals surface area contributed by atoms with E-state index >= 15 is 0 Å². The van der Waals surface area contributed by atoms with Gasteiger partial charge in [0, 0.05) is 6.21 Å². The Labute approximate surface area is 210 Å². The highest BCUT2D eigenvalue weighted by atomic mass is 14.3. The topological polar surface area (TPSA) is 23.9 Å². The van der Waals surface area contributed by atoms with Crippen molar-refractivity contribution in [1.82, 2.24) is 0 Å². The SMILES string of the molecule is C=c1c(-c2cccc(-c3cccc4ccccc34)c2)c2ccccc2c(-c2ccccc2)/c1=C/C=N. The molecule has 0 aliphatic rings. The molecule has 1 heteroatoms. The maximum absolute atomic E-state index is 7.89. The van der Waals surface area contributed by atoms with Gasteiger partial charge in [-0.1, -0.05) is 122 Å². The molecule has 0 radical (unpaired) electrons. The van der Waals surface area contributed by atoms with Crippen LogP contribution in [0.3, 0.4) is 0 Å². The van der Waals surface area contributed by atoms with Gasteiger partial charge >= 0.3 is 0 Å². The van der Waals surface area contributed by atoms with Gasteiger partial charge in [0.1, 0.15) is 0 Å². The molecule has 0 atom stereocenters. The summed E-state index contributed by atoms with van der Waals surface area (Å²) in [6, 6.07) is 42.7. The Morgan fingerprint density at radius 2 is 1.11 bits per heavy atom. The Kier molecular flexibility index (Phi) is 5.52. The lowest BCUT2D eigenvalue weighted by Gasteiger charge is -2.16. The first-order valence-electron chi connectivity index (χ1n) is 12.1. The Morgan fingerprint density at radius 1 is 0.528 bits per heavy atom. The molecule has 6 rings (SSSR count). The Hall–Kier alpha value is -4.75. The molecule has 1 nitrogen and oxygen atoms in total. The zero-order valence-electron chi connectivity index (χ0n) is 19.9. The average molecular weight is 460 g/mol. The van der Waals surface area contributed by atoms with Crippen LogP contribution in [0.15, 0.2) is 121 Å². The lowest BCUT2D eigenvalue weighted by Crippen LogP contribution is -2.28. The molecule has 1 N–H and O–H groups in total. The van der Waals surface area contributed by atoms with Crippen molar-refractivity contribution in [1.29, 1.82) is 5.41 Å². The molecule has 6 aromatic carbocycles. The normalized spacial score (nSPS) is 11.7. The molecule has 0 aliphatic carbocycles. The molecule has 0 unspecified atom stereocenters. The highest BCUT2D eigenvalue weighted by Gasteiger charge is 2.14.